The van der Waals surface area contributed by atoms with Gasteiger partial charge in [0.1, 0.15) is 6.61 Å². The minimum absolute atomic E-state index is 0.00645. The van der Waals surface area contributed by atoms with E-state index in [1.807, 2.05) is 13.0 Å². The third kappa shape index (κ3) is 1.93. The van der Waals surface area contributed by atoms with Crippen molar-refractivity contribution in [2.45, 2.75) is 51.2 Å². The Kier molecular flexibility index (Phi) is 3.67. The van der Waals surface area contributed by atoms with E-state index in [4.69, 9.17) is 4.84 Å². The van der Waals surface area contributed by atoms with E-state index in [9.17, 15) is 19.8 Å². The van der Waals surface area contributed by atoms with Crippen LogP contribution in [0.4, 0.5) is 0 Å². The highest BCUT2D eigenvalue weighted by atomic mass is 16.7. The maximum Gasteiger partial charge on any atom is 0.211 e. The van der Waals surface area contributed by atoms with Gasteiger partial charge in [-0.3, -0.25) is 9.59 Å². The van der Waals surface area contributed by atoms with Crippen molar-refractivity contribution in [2.75, 3.05) is 6.61 Å². The number of Topliss-reactive ketones (excluding diaryl/α,β-unsaturated/α-hetero) is 1. The molecule has 0 unspecified atom stereocenters. The summed E-state index contributed by atoms with van der Waals surface area (Å²) in [5.41, 5.74) is -0.979. The van der Waals surface area contributed by atoms with Crippen molar-refractivity contribution in [3.63, 3.8) is 0 Å². The first-order valence-electron chi connectivity index (χ1n) is 10.3. The molecule has 0 aromatic rings. The Morgan fingerprint density at radius 1 is 1.39 bits per heavy atom. The predicted octanol–water partition coefficient (Wildman–Crippen LogP) is 1.81. The van der Waals surface area contributed by atoms with Crippen molar-refractivity contribution in [1.82, 2.24) is 0 Å². The maximum atomic E-state index is 12.9. The maximum absolute atomic E-state index is 12.9. The summed E-state index contributed by atoms with van der Waals surface area (Å²) in [6.07, 6.45) is 9.36. The third-order valence-corrected chi connectivity index (χ3v) is 8.76. The minimum Gasteiger partial charge on any atom is -0.393 e. The first kappa shape index (κ1) is 18.3. The summed E-state index contributed by atoms with van der Waals surface area (Å²) in [5.74, 6) is -0.0597. The summed E-state index contributed by atoms with van der Waals surface area (Å²) >= 11 is 0. The summed E-state index contributed by atoms with van der Waals surface area (Å²) in [7, 11) is 0. The molecule has 1 heterocycles. The van der Waals surface area contributed by atoms with Gasteiger partial charge in [0.25, 0.3) is 0 Å². The van der Waals surface area contributed by atoms with Crippen LogP contribution >= 0.6 is 0 Å². The largest absolute Gasteiger partial charge is 0.393 e. The fraction of sp³-hybridized carbons (Fsp3) is 0.682. The molecule has 6 heteroatoms. The number of carbonyl (C=O) groups is 2. The van der Waals surface area contributed by atoms with Crippen LogP contribution in [0.15, 0.2) is 29.0 Å². The van der Waals surface area contributed by atoms with Gasteiger partial charge in [-0.05, 0) is 49.7 Å². The second kappa shape index (κ2) is 5.63. The summed E-state index contributed by atoms with van der Waals surface area (Å²) in [6.45, 7) is 3.59. The first-order chi connectivity index (χ1) is 13.3. The molecule has 8 atom stereocenters. The highest BCUT2D eigenvalue weighted by Gasteiger charge is 2.74. The number of fused-ring (bicyclic) bond motifs is 7. The third-order valence-electron chi connectivity index (χ3n) is 8.76. The molecule has 0 bridgehead atoms. The predicted molar refractivity (Wildman–Crippen MR) is 101 cm³/mol. The Bertz CT molecular complexity index is 846. The van der Waals surface area contributed by atoms with E-state index in [-0.39, 0.29) is 40.7 Å². The Balaban J connectivity index is 1.59. The molecule has 0 saturated heterocycles. The van der Waals surface area contributed by atoms with E-state index in [1.54, 1.807) is 18.4 Å². The Morgan fingerprint density at radius 2 is 2.18 bits per heavy atom. The molecule has 1 aliphatic heterocycles. The Labute approximate surface area is 164 Å². The van der Waals surface area contributed by atoms with E-state index in [0.29, 0.717) is 6.42 Å². The highest BCUT2D eigenvalue weighted by molar-refractivity contribution is 6.01. The molecule has 3 fully saturated rings. The average molecular weight is 385 g/mol. The summed E-state index contributed by atoms with van der Waals surface area (Å²) < 4.78 is 0. The van der Waals surface area contributed by atoms with Gasteiger partial charge in [-0.15, -0.1) is 0 Å². The SMILES string of the molecule is C[C@]12C=CC(=O)C=C1CC[C@@H]1[C@@H]2[C@@H](O)C[C@@]2(C)[C@H]1C[C@H]1C=NO[C@]12C(=O)CO. The van der Waals surface area contributed by atoms with E-state index >= 15 is 0 Å². The lowest BCUT2D eigenvalue weighted by molar-refractivity contribution is -0.192. The number of allylic oxidation sites excluding steroid dienone is 4. The number of aliphatic hydroxyl groups excluding tert-OH is 2. The second-order valence-electron chi connectivity index (χ2n) is 9.72. The number of ketones is 2. The van der Waals surface area contributed by atoms with E-state index in [2.05, 4.69) is 12.1 Å². The summed E-state index contributed by atoms with van der Waals surface area (Å²) in [6, 6.07) is 0. The van der Waals surface area contributed by atoms with E-state index in [0.717, 1.165) is 24.8 Å². The quantitative estimate of drug-likeness (QED) is 0.756. The van der Waals surface area contributed by atoms with Gasteiger partial charge in [0.05, 0.1) is 12.3 Å². The highest BCUT2D eigenvalue weighted by Crippen LogP contribution is 2.69. The zero-order chi connectivity index (χ0) is 19.9. The standard InChI is InChI=1S/C22H27NO5/c1-20-6-5-14(25)7-12(20)3-4-15-16-8-13-10-23-28-22(13,18(27)11-24)21(16,2)9-17(26)19(15)20/h5-7,10,13,15-17,19,24,26H,3-4,8-9,11H2,1-2H3/t13-,15-,16-,17-,19+,20-,21-,22-/m0/s1. The van der Waals surface area contributed by atoms with Gasteiger partial charge in [0.2, 0.25) is 11.4 Å². The van der Waals surface area contributed by atoms with Gasteiger partial charge in [0, 0.05) is 22.7 Å². The van der Waals surface area contributed by atoms with Crippen LogP contribution in [0.25, 0.3) is 0 Å². The van der Waals surface area contributed by atoms with Crippen LogP contribution in [0.2, 0.25) is 0 Å². The molecule has 0 spiro atoms. The van der Waals surface area contributed by atoms with Crippen LogP contribution in [-0.2, 0) is 14.4 Å². The molecule has 5 aliphatic rings. The lowest BCUT2D eigenvalue weighted by Gasteiger charge is -2.59. The lowest BCUT2D eigenvalue weighted by atomic mass is 9.46. The average Bonchev–Trinajstić information content (AvgIpc) is 3.18. The molecule has 0 aromatic carbocycles. The van der Waals surface area contributed by atoms with Crippen LogP contribution in [0.1, 0.15) is 39.5 Å². The molecule has 6 nitrogen and oxygen atoms in total. The van der Waals surface area contributed by atoms with Gasteiger partial charge in [-0.25, -0.2) is 0 Å². The number of nitrogens with zero attached hydrogens (tertiary/aromatic N) is 1. The number of rotatable bonds is 2. The van der Waals surface area contributed by atoms with Crippen LogP contribution in [-0.4, -0.2) is 46.3 Å². The zero-order valence-corrected chi connectivity index (χ0v) is 16.3. The molecule has 2 N–H and O–H groups in total. The van der Waals surface area contributed by atoms with Gasteiger partial charge in [-0.1, -0.05) is 30.7 Å². The van der Waals surface area contributed by atoms with Gasteiger partial charge < -0.3 is 15.1 Å². The first-order valence-corrected chi connectivity index (χ1v) is 10.3. The van der Waals surface area contributed by atoms with Gasteiger partial charge in [-0.2, -0.15) is 0 Å². The molecule has 28 heavy (non-hydrogen) atoms. The second-order valence-corrected chi connectivity index (χ2v) is 9.72. The Hall–Kier alpha value is -1.79. The molecule has 150 valence electrons. The van der Waals surface area contributed by atoms with Crippen molar-refractivity contribution in [1.29, 1.82) is 0 Å². The smallest absolute Gasteiger partial charge is 0.211 e. The van der Waals surface area contributed by atoms with Crippen molar-refractivity contribution in [3.8, 4) is 0 Å². The molecule has 0 aromatic heterocycles. The Morgan fingerprint density at radius 3 is 2.93 bits per heavy atom. The lowest BCUT2D eigenvalue weighted by Crippen LogP contribution is -2.62. The number of hydrogen-bond acceptors (Lipinski definition) is 6. The van der Waals surface area contributed by atoms with Crippen molar-refractivity contribution in [3.05, 3.63) is 23.8 Å². The summed E-state index contributed by atoms with van der Waals surface area (Å²) in [4.78, 5) is 30.5. The van der Waals surface area contributed by atoms with Gasteiger partial charge in [0.15, 0.2) is 5.78 Å². The molecule has 4 aliphatic carbocycles. The molecule has 0 radical (unpaired) electrons. The monoisotopic (exact) mass is 385 g/mol. The van der Waals surface area contributed by atoms with Crippen LogP contribution in [0.5, 0.6) is 0 Å². The topological polar surface area (TPSA) is 96.2 Å². The summed E-state index contributed by atoms with van der Waals surface area (Å²) in [5, 5.41) is 25.0. The van der Waals surface area contributed by atoms with Crippen LogP contribution in [0, 0.1) is 34.5 Å². The van der Waals surface area contributed by atoms with Crippen molar-refractivity contribution in [2.24, 2.45) is 39.7 Å². The fourth-order valence-electron chi connectivity index (χ4n) is 7.62. The fourth-order valence-corrected chi connectivity index (χ4v) is 7.62. The molecule has 5 rings (SSSR count). The van der Waals surface area contributed by atoms with Gasteiger partial charge >= 0.3 is 0 Å². The van der Waals surface area contributed by atoms with E-state index in [1.165, 1.54) is 0 Å². The minimum atomic E-state index is -1.17. The molecular weight excluding hydrogens is 358 g/mol. The van der Waals surface area contributed by atoms with E-state index < -0.39 is 23.7 Å². The molecule has 3 saturated carbocycles. The van der Waals surface area contributed by atoms with Crippen LogP contribution in [0.3, 0.4) is 0 Å². The van der Waals surface area contributed by atoms with Crippen LogP contribution < -0.4 is 0 Å². The van der Waals surface area contributed by atoms with Crippen molar-refractivity contribution < 1.29 is 24.6 Å². The normalized spacial score (nSPS) is 50.9. The number of carbonyl (C=O) groups excluding carboxylic acids is 2. The van der Waals surface area contributed by atoms with Crippen molar-refractivity contribution >= 4 is 17.8 Å². The molecular formula is C22H27NO5. The molecule has 0 amide bonds. The number of oxime groups is 1. The number of aliphatic hydroxyl groups is 2. The zero-order valence-electron chi connectivity index (χ0n) is 16.3. The number of hydrogen-bond donors (Lipinski definition) is 2.